The molecule has 0 saturated carbocycles. The first-order chi connectivity index (χ1) is 33.3. The second kappa shape index (κ2) is 17.3. The summed E-state index contributed by atoms with van der Waals surface area (Å²) in [5, 5.41) is 16.1. The molecule has 0 bridgehead atoms. The number of imide groups is 1. The predicted molar refractivity (Wildman–Crippen MR) is 270 cm³/mol. The number of nitrogens with one attached hydrogen (secondary N) is 1. The number of rotatable bonds is 7. The van der Waals surface area contributed by atoms with Gasteiger partial charge in [0.05, 0.1) is 28.9 Å². The van der Waals surface area contributed by atoms with Crippen molar-refractivity contribution in [3.8, 4) is 0 Å². The van der Waals surface area contributed by atoms with E-state index in [2.05, 4.69) is 52.4 Å². The van der Waals surface area contributed by atoms with Crippen LogP contribution in [-0.2, 0) is 73.5 Å². The number of hydrogen-bond acceptors (Lipinski definition) is 8. The van der Waals surface area contributed by atoms with E-state index in [0.29, 0.717) is 41.7 Å². The first-order valence-corrected chi connectivity index (χ1v) is 24.5. The zero-order chi connectivity index (χ0) is 48.0. The molecular formula is C54H45Br2N5O8. The Bertz CT molecular complexity index is 3640. The minimum atomic E-state index is -0.640. The number of fused-ring (bicyclic) bond motifs is 8. The van der Waals surface area contributed by atoms with Crippen LogP contribution in [0, 0.1) is 11.8 Å². The summed E-state index contributed by atoms with van der Waals surface area (Å²) in [4.78, 5) is 64.4. The number of para-hydroxylation sites is 2. The predicted octanol–water partition coefficient (Wildman–Crippen LogP) is 9.03. The highest BCUT2D eigenvalue weighted by atomic mass is 79.9. The molecule has 69 heavy (non-hydrogen) atoms. The van der Waals surface area contributed by atoms with Crippen molar-refractivity contribution in [1.82, 2.24) is 23.6 Å². The molecule has 12 rings (SSSR count). The molecule has 4 aliphatic heterocycles. The maximum Gasteiger partial charge on any atom is 0.347 e. The van der Waals surface area contributed by atoms with Crippen LogP contribution in [0.25, 0.3) is 65.9 Å². The van der Waals surface area contributed by atoms with Crippen LogP contribution < -0.4 is 5.32 Å². The second-order valence-corrected chi connectivity index (χ2v) is 20.1. The lowest BCUT2D eigenvalue weighted by atomic mass is 9.89. The van der Waals surface area contributed by atoms with Crippen LogP contribution in [0.3, 0.4) is 0 Å². The topological polar surface area (TPSA) is 156 Å². The van der Waals surface area contributed by atoms with Crippen molar-refractivity contribution in [2.45, 2.75) is 45.7 Å². The molecule has 4 aromatic carbocycles. The largest absolute Gasteiger partial charge is 0.466 e. The lowest BCUT2D eigenvalue weighted by Gasteiger charge is -2.25. The number of aliphatic hydroxyl groups is 1. The van der Waals surface area contributed by atoms with Gasteiger partial charge in [-0.3, -0.25) is 19.7 Å². The van der Waals surface area contributed by atoms with Gasteiger partial charge in [-0.25, -0.2) is 9.59 Å². The molecule has 0 saturated heterocycles. The first-order valence-electron chi connectivity index (χ1n) is 22.9. The van der Waals surface area contributed by atoms with E-state index in [1.165, 1.54) is 6.92 Å². The molecule has 0 radical (unpaired) electrons. The third-order valence-electron chi connectivity index (χ3n) is 14.1. The van der Waals surface area contributed by atoms with Gasteiger partial charge >= 0.3 is 17.9 Å². The normalized spacial score (nSPS) is 18.1. The second-order valence-electron chi connectivity index (χ2n) is 18.3. The lowest BCUT2D eigenvalue weighted by molar-refractivity contribution is -0.149. The van der Waals surface area contributed by atoms with Crippen molar-refractivity contribution < 1.29 is 38.6 Å². The molecule has 0 aliphatic carbocycles. The van der Waals surface area contributed by atoms with Gasteiger partial charge in [-0.1, -0.05) is 68.3 Å². The average molecular weight is 1050 g/mol. The van der Waals surface area contributed by atoms with E-state index in [0.717, 1.165) is 107 Å². The van der Waals surface area contributed by atoms with Crippen molar-refractivity contribution in [1.29, 1.82) is 0 Å². The number of aliphatic hydroxyl groups excluding tert-OH is 1. The lowest BCUT2D eigenvalue weighted by Crippen LogP contribution is -2.24. The van der Waals surface area contributed by atoms with Crippen molar-refractivity contribution in [3.63, 3.8) is 0 Å². The van der Waals surface area contributed by atoms with Gasteiger partial charge < -0.3 is 32.8 Å². The Labute approximate surface area is 412 Å². The van der Waals surface area contributed by atoms with E-state index in [-0.39, 0.29) is 41.8 Å². The van der Waals surface area contributed by atoms with E-state index in [1.807, 2.05) is 114 Å². The van der Waals surface area contributed by atoms with E-state index in [9.17, 15) is 29.1 Å². The molecule has 8 heterocycles. The van der Waals surface area contributed by atoms with Crippen molar-refractivity contribution in [2.24, 2.45) is 25.9 Å². The fraction of sp³-hybridized carbons (Fsp3) is 0.241. The number of benzene rings is 4. The number of cyclic esters (lactones) is 2. The summed E-state index contributed by atoms with van der Waals surface area (Å²) < 4.78 is 20.7. The molecule has 0 spiro atoms. The van der Waals surface area contributed by atoms with Gasteiger partial charge in [-0.2, -0.15) is 0 Å². The smallest absolute Gasteiger partial charge is 0.347 e. The summed E-state index contributed by atoms with van der Waals surface area (Å²) in [6.07, 6.45) is 6.82. The molecule has 2 N–H and O–H groups in total. The standard InChI is InChI=1S/C28H23BrN2O5.C26H22BrN3O3/c1-15(32)35-14-16-9-10-31-22-6-4-3-5-18(22)24(23(31)11-16)26-25(27(33)36-28(26)34)20-13-30(2)21-8-7-17(29)12-19(20)21;1-29-12-18(17-11-15(27)6-7-19(17)29)23-24(26(33)28-25(23)32)22-16-4-2-3-5-20(16)30-9-8-14(13-31)10-21(22)30/h3-8,12-13,16H,9-11,14H2,1-2H3;2-7,11-12,14,31H,8-10,13H2,1H3,(H,28,32,33). The van der Waals surface area contributed by atoms with Crippen LogP contribution in [0.4, 0.5) is 0 Å². The highest BCUT2D eigenvalue weighted by Crippen LogP contribution is 2.46. The number of nitrogens with zero attached hydrogens (tertiary/aromatic N) is 4. The number of ether oxygens (including phenoxy) is 2. The van der Waals surface area contributed by atoms with Gasteiger partial charge in [0.15, 0.2) is 0 Å². The Balaban J connectivity index is 0.000000151. The molecular weight excluding hydrogens is 1010 g/mol. The number of amides is 2. The molecule has 4 aromatic heterocycles. The van der Waals surface area contributed by atoms with E-state index < -0.39 is 11.9 Å². The Morgan fingerprint density at radius 3 is 1.71 bits per heavy atom. The fourth-order valence-electron chi connectivity index (χ4n) is 11.1. The van der Waals surface area contributed by atoms with Gasteiger partial charge in [0.25, 0.3) is 11.8 Å². The van der Waals surface area contributed by atoms with Crippen LogP contribution in [0.2, 0.25) is 0 Å². The number of carbonyl (C=O) groups excluding carboxylic acids is 5. The quantitative estimate of drug-likeness (QED) is 0.0911. The SMILES string of the molecule is CC(=O)OCC1CCn2c(c(C3=C(c4cn(C)c5ccc(Br)cc45)C(=O)OC3=O)c3ccccc32)C1.Cn1cc(C2=C(c3c4n(c5ccccc35)CCC(CO)C4)C(=O)NC2=O)c2cc(Br)ccc21. The number of hydrogen-bond donors (Lipinski definition) is 2. The van der Waals surface area contributed by atoms with E-state index in [4.69, 9.17) is 9.47 Å². The molecule has 13 nitrogen and oxygen atoms in total. The van der Waals surface area contributed by atoms with Crippen LogP contribution in [-0.4, -0.2) is 66.3 Å². The van der Waals surface area contributed by atoms with E-state index >= 15 is 0 Å². The average Bonchev–Trinajstić information content (AvgIpc) is 4.15. The summed E-state index contributed by atoms with van der Waals surface area (Å²) in [5.74, 6) is -2.07. The van der Waals surface area contributed by atoms with Crippen LogP contribution >= 0.6 is 31.9 Å². The maximum absolute atomic E-state index is 13.3. The fourth-order valence-corrected chi connectivity index (χ4v) is 11.8. The highest BCUT2D eigenvalue weighted by molar-refractivity contribution is 9.10. The first kappa shape index (κ1) is 44.7. The Morgan fingerprint density at radius 1 is 0.652 bits per heavy atom. The van der Waals surface area contributed by atoms with Crippen LogP contribution in [0.15, 0.2) is 106 Å². The molecule has 2 atom stereocenters. The number of carbonyl (C=O) groups is 5. The Morgan fingerprint density at radius 2 is 1.14 bits per heavy atom. The minimum Gasteiger partial charge on any atom is -0.466 e. The molecule has 15 heteroatoms. The number of halogens is 2. The number of esters is 3. The zero-order valence-corrected chi connectivity index (χ0v) is 41.1. The van der Waals surface area contributed by atoms with Gasteiger partial charge in [-0.15, -0.1) is 0 Å². The van der Waals surface area contributed by atoms with Gasteiger partial charge in [-0.05, 0) is 80.1 Å². The third-order valence-corrected chi connectivity index (χ3v) is 15.1. The zero-order valence-electron chi connectivity index (χ0n) is 37.9. The minimum absolute atomic E-state index is 0.106. The summed E-state index contributed by atoms with van der Waals surface area (Å²) in [7, 11) is 3.85. The van der Waals surface area contributed by atoms with Crippen molar-refractivity contribution in [3.05, 3.63) is 140 Å². The maximum atomic E-state index is 13.3. The molecule has 2 amide bonds. The van der Waals surface area contributed by atoms with Crippen molar-refractivity contribution in [2.75, 3.05) is 13.2 Å². The summed E-state index contributed by atoms with van der Waals surface area (Å²) in [5.41, 5.74) is 10.3. The monoisotopic (exact) mass is 1050 g/mol. The van der Waals surface area contributed by atoms with Gasteiger partial charge in [0.1, 0.15) is 0 Å². The molecule has 2 unspecified atom stereocenters. The molecule has 4 aliphatic rings. The van der Waals surface area contributed by atoms with Gasteiger partial charge in [0, 0.05) is 145 Å². The Hall–Kier alpha value is -6.81. The third kappa shape index (κ3) is 7.40. The van der Waals surface area contributed by atoms with Crippen LogP contribution in [0.1, 0.15) is 53.4 Å². The molecule has 348 valence electrons. The molecule has 8 aromatic rings. The number of aryl methyl sites for hydroxylation is 4. The highest BCUT2D eigenvalue weighted by Gasteiger charge is 2.41. The Kier molecular flexibility index (Phi) is 11.2. The van der Waals surface area contributed by atoms with Crippen LogP contribution in [0.5, 0.6) is 0 Å². The summed E-state index contributed by atoms with van der Waals surface area (Å²) in [6.45, 7) is 3.35. The van der Waals surface area contributed by atoms with E-state index in [1.54, 1.807) is 0 Å². The molecule has 0 fully saturated rings. The van der Waals surface area contributed by atoms with Crippen molar-refractivity contribution >= 4 is 127 Å². The summed E-state index contributed by atoms with van der Waals surface area (Å²) in [6, 6.07) is 27.8. The summed E-state index contributed by atoms with van der Waals surface area (Å²) >= 11 is 7.07. The van der Waals surface area contributed by atoms with Gasteiger partial charge in [0.2, 0.25) is 0 Å². The number of aromatic nitrogens is 4.